The molecular formula is C18H24Cl2O. The first-order chi connectivity index (χ1) is 10.2. The van der Waals surface area contributed by atoms with Crippen molar-refractivity contribution in [3.63, 3.8) is 0 Å². The number of benzene rings is 1. The summed E-state index contributed by atoms with van der Waals surface area (Å²) in [4.78, 5) is 0. The fraction of sp³-hybridized carbons (Fsp3) is 0.667. The van der Waals surface area contributed by atoms with E-state index in [0.717, 1.165) is 11.4 Å². The lowest BCUT2D eigenvalue weighted by molar-refractivity contribution is -0.0669. The van der Waals surface area contributed by atoms with Gasteiger partial charge in [0, 0.05) is 10.9 Å². The summed E-state index contributed by atoms with van der Waals surface area (Å²) in [6.07, 6.45) is 10.4. The minimum Gasteiger partial charge on any atom is -0.372 e. The van der Waals surface area contributed by atoms with Crippen LogP contribution in [0.25, 0.3) is 0 Å². The summed E-state index contributed by atoms with van der Waals surface area (Å²) in [6.45, 7) is 0. The number of rotatable bonds is 4. The molecule has 1 aromatic carbocycles. The third-order valence-corrected chi connectivity index (χ3v) is 5.80. The van der Waals surface area contributed by atoms with Gasteiger partial charge in [-0.3, -0.25) is 0 Å². The van der Waals surface area contributed by atoms with E-state index in [1.807, 2.05) is 12.1 Å². The number of hydrogen-bond donors (Lipinski definition) is 0. The summed E-state index contributed by atoms with van der Waals surface area (Å²) in [5.74, 6) is 1.02. The molecule has 116 valence electrons. The molecule has 1 saturated heterocycles. The Bertz CT molecular complexity index is 451. The second kappa shape index (κ2) is 6.89. The number of ether oxygens (including phenoxy) is 1. The summed E-state index contributed by atoms with van der Waals surface area (Å²) in [5.41, 5.74) is 1.49. The lowest BCUT2D eigenvalue weighted by Gasteiger charge is -2.33. The van der Waals surface area contributed by atoms with E-state index in [2.05, 4.69) is 12.1 Å². The van der Waals surface area contributed by atoms with E-state index < -0.39 is 0 Å². The Morgan fingerprint density at radius 2 is 1.81 bits per heavy atom. The van der Waals surface area contributed by atoms with Gasteiger partial charge in [-0.15, -0.1) is 11.6 Å². The Labute approximate surface area is 138 Å². The van der Waals surface area contributed by atoms with Crippen molar-refractivity contribution in [2.45, 2.75) is 69.0 Å². The highest BCUT2D eigenvalue weighted by molar-refractivity contribution is 6.30. The molecule has 0 aromatic heterocycles. The first kappa shape index (κ1) is 15.6. The van der Waals surface area contributed by atoms with E-state index in [-0.39, 0.29) is 5.60 Å². The van der Waals surface area contributed by atoms with E-state index in [1.54, 1.807) is 0 Å². The van der Waals surface area contributed by atoms with Gasteiger partial charge in [0.2, 0.25) is 0 Å². The molecule has 0 radical (unpaired) electrons. The fourth-order valence-electron chi connectivity index (χ4n) is 3.97. The van der Waals surface area contributed by atoms with Crippen molar-refractivity contribution in [3.05, 3.63) is 34.9 Å². The number of halogens is 2. The highest BCUT2D eigenvalue weighted by atomic mass is 35.5. The number of hydrogen-bond acceptors (Lipinski definition) is 1. The van der Waals surface area contributed by atoms with E-state index in [9.17, 15) is 0 Å². The average molecular weight is 327 g/mol. The predicted molar refractivity (Wildman–Crippen MR) is 89.5 cm³/mol. The zero-order valence-corrected chi connectivity index (χ0v) is 14.0. The van der Waals surface area contributed by atoms with Crippen LogP contribution in [0.5, 0.6) is 0 Å². The van der Waals surface area contributed by atoms with Crippen molar-refractivity contribution >= 4 is 23.2 Å². The van der Waals surface area contributed by atoms with E-state index in [1.165, 1.54) is 50.5 Å². The number of alkyl halides is 1. The minimum atomic E-state index is 0.208. The van der Waals surface area contributed by atoms with Crippen molar-refractivity contribution in [3.8, 4) is 0 Å². The topological polar surface area (TPSA) is 9.23 Å². The van der Waals surface area contributed by atoms with Gasteiger partial charge >= 0.3 is 0 Å². The molecule has 0 amide bonds. The molecule has 1 spiro atoms. The second-order valence-electron chi connectivity index (χ2n) is 6.66. The summed E-state index contributed by atoms with van der Waals surface area (Å²) in [6, 6.07) is 8.10. The largest absolute Gasteiger partial charge is 0.372 e. The maximum atomic E-state index is 6.48. The van der Waals surface area contributed by atoms with Crippen molar-refractivity contribution in [2.75, 3.05) is 5.88 Å². The van der Waals surface area contributed by atoms with Gasteiger partial charge in [-0.05, 0) is 55.7 Å². The minimum absolute atomic E-state index is 0.208. The Morgan fingerprint density at radius 1 is 1.10 bits per heavy atom. The van der Waals surface area contributed by atoms with Crippen LogP contribution in [0.4, 0.5) is 0 Å². The first-order valence-electron chi connectivity index (χ1n) is 8.20. The predicted octanol–water partition coefficient (Wildman–Crippen LogP) is 5.93. The molecule has 1 saturated carbocycles. The smallest absolute Gasteiger partial charge is 0.0687 e. The molecule has 1 aliphatic heterocycles. The zero-order chi connectivity index (χ0) is 14.7. The van der Waals surface area contributed by atoms with Crippen LogP contribution in [0.2, 0.25) is 5.02 Å². The van der Waals surface area contributed by atoms with Crippen LogP contribution in [0.15, 0.2) is 24.3 Å². The van der Waals surface area contributed by atoms with E-state index in [4.69, 9.17) is 27.9 Å². The third-order valence-electron chi connectivity index (χ3n) is 5.18. The monoisotopic (exact) mass is 326 g/mol. The molecule has 3 rings (SSSR count). The van der Waals surface area contributed by atoms with Gasteiger partial charge in [-0.25, -0.2) is 0 Å². The van der Waals surface area contributed by atoms with Crippen LogP contribution >= 0.6 is 23.2 Å². The quantitative estimate of drug-likeness (QED) is 0.622. The highest BCUT2D eigenvalue weighted by Crippen LogP contribution is 2.44. The first-order valence-corrected chi connectivity index (χ1v) is 9.11. The molecule has 2 unspecified atom stereocenters. The summed E-state index contributed by atoms with van der Waals surface area (Å²) in [5, 5.41) is 0.783. The normalized spacial score (nSPS) is 26.1. The molecule has 1 nitrogen and oxygen atoms in total. The van der Waals surface area contributed by atoms with Gasteiger partial charge < -0.3 is 4.74 Å². The molecule has 2 atom stereocenters. The van der Waals surface area contributed by atoms with Gasteiger partial charge in [-0.1, -0.05) is 43.0 Å². The molecule has 0 bridgehead atoms. The highest BCUT2D eigenvalue weighted by Gasteiger charge is 2.41. The van der Waals surface area contributed by atoms with Crippen LogP contribution in [-0.4, -0.2) is 17.6 Å². The molecule has 2 fully saturated rings. The summed E-state index contributed by atoms with van der Waals surface area (Å²) < 4.78 is 6.48. The molecule has 1 aliphatic carbocycles. The van der Waals surface area contributed by atoms with Crippen LogP contribution in [-0.2, 0) is 4.74 Å². The van der Waals surface area contributed by atoms with E-state index in [0.29, 0.717) is 17.9 Å². The van der Waals surface area contributed by atoms with Crippen molar-refractivity contribution in [1.29, 1.82) is 0 Å². The van der Waals surface area contributed by atoms with Gasteiger partial charge in [0.05, 0.1) is 11.7 Å². The van der Waals surface area contributed by atoms with Gasteiger partial charge in [0.15, 0.2) is 0 Å². The lowest BCUT2D eigenvalue weighted by atomic mass is 9.83. The molecule has 0 N–H and O–H groups in total. The van der Waals surface area contributed by atoms with Gasteiger partial charge in [-0.2, -0.15) is 0 Å². The van der Waals surface area contributed by atoms with Crippen LogP contribution in [0.3, 0.4) is 0 Å². The van der Waals surface area contributed by atoms with Crippen LogP contribution < -0.4 is 0 Å². The SMILES string of the molecule is ClCC(CC1CCC2(CCCCC2)O1)c1ccc(Cl)cc1. The van der Waals surface area contributed by atoms with Crippen LogP contribution in [0, 0.1) is 0 Å². The summed E-state index contributed by atoms with van der Waals surface area (Å²) in [7, 11) is 0. The molecule has 1 heterocycles. The maximum absolute atomic E-state index is 6.48. The van der Waals surface area contributed by atoms with Gasteiger partial charge in [0.1, 0.15) is 0 Å². The zero-order valence-electron chi connectivity index (χ0n) is 12.5. The third kappa shape index (κ3) is 3.75. The Morgan fingerprint density at radius 3 is 2.48 bits per heavy atom. The molecule has 21 heavy (non-hydrogen) atoms. The Balaban J connectivity index is 1.61. The van der Waals surface area contributed by atoms with Crippen LogP contribution in [0.1, 0.15) is 62.8 Å². The molecule has 3 heteroatoms. The lowest BCUT2D eigenvalue weighted by Crippen LogP contribution is -2.32. The fourth-order valence-corrected chi connectivity index (χ4v) is 4.40. The van der Waals surface area contributed by atoms with Crippen molar-refractivity contribution in [1.82, 2.24) is 0 Å². The van der Waals surface area contributed by atoms with E-state index >= 15 is 0 Å². The molecule has 2 aliphatic rings. The van der Waals surface area contributed by atoms with Crippen molar-refractivity contribution in [2.24, 2.45) is 0 Å². The second-order valence-corrected chi connectivity index (χ2v) is 7.41. The molecule has 1 aromatic rings. The Kier molecular flexibility index (Phi) is 5.14. The summed E-state index contributed by atoms with van der Waals surface area (Å²) >= 11 is 12.2. The van der Waals surface area contributed by atoms with Gasteiger partial charge in [0.25, 0.3) is 0 Å². The Hall–Kier alpha value is -0.240. The standard InChI is InChI=1S/C18H24Cl2O/c19-13-15(14-4-6-16(20)7-5-14)12-17-8-11-18(21-17)9-2-1-3-10-18/h4-7,15,17H,1-3,8-13H2. The van der Waals surface area contributed by atoms with Crippen molar-refractivity contribution < 1.29 is 4.74 Å². The molecular weight excluding hydrogens is 303 g/mol. The maximum Gasteiger partial charge on any atom is 0.0687 e. The average Bonchev–Trinajstić information content (AvgIpc) is 2.89.